The van der Waals surface area contributed by atoms with Gasteiger partial charge in [-0.2, -0.15) is 13.2 Å². The summed E-state index contributed by atoms with van der Waals surface area (Å²) in [6.07, 6.45) is -7.69. The van der Waals surface area contributed by atoms with Crippen molar-refractivity contribution in [3.63, 3.8) is 0 Å². The van der Waals surface area contributed by atoms with Crippen molar-refractivity contribution in [2.75, 3.05) is 0 Å². The van der Waals surface area contributed by atoms with Crippen LogP contribution in [-0.4, -0.2) is 21.4 Å². The third-order valence-electron chi connectivity index (χ3n) is 2.75. The highest BCUT2D eigenvalue weighted by molar-refractivity contribution is 14.1. The number of alkyl halides is 3. The molecule has 3 nitrogen and oxygen atoms in total. The zero-order valence-electron chi connectivity index (χ0n) is 10.5. The van der Waals surface area contributed by atoms with E-state index in [1.165, 1.54) is 6.07 Å². The van der Waals surface area contributed by atoms with Crippen molar-refractivity contribution >= 4 is 34.2 Å². The number of benzene rings is 1. The number of hydrogen-bond acceptors (Lipinski definition) is 3. The lowest BCUT2D eigenvalue weighted by molar-refractivity contribution is -0.207. The second-order valence-corrected chi connectivity index (χ2v) is 5.87. The van der Waals surface area contributed by atoms with Crippen molar-refractivity contribution in [3.8, 4) is 17.0 Å². The van der Waals surface area contributed by atoms with Gasteiger partial charge in [-0.05, 0) is 46.9 Å². The van der Waals surface area contributed by atoms with Crippen molar-refractivity contribution < 1.29 is 27.8 Å². The van der Waals surface area contributed by atoms with Gasteiger partial charge in [0, 0.05) is 5.56 Å². The molecule has 2 N–H and O–H groups in total. The molecule has 1 aromatic carbocycles. The van der Waals surface area contributed by atoms with Crippen molar-refractivity contribution in [2.24, 2.45) is 0 Å². The molecule has 2 rings (SSSR count). The summed E-state index contributed by atoms with van der Waals surface area (Å²) in [4.78, 5) is 3.63. The van der Waals surface area contributed by atoms with Crippen LogP contribution in [0, 0.1) is 9.39 Å². The first kappa shape index (κ1) is 17.2. The molecule has 0 spiro atoms. The molecule has 1 aromatic heterocycles. The van der Waals surface area contributed by atoms with Gasteiger partial charge in [0.15, 0.2) is 11.9 Å². The molecule has 0 aliphatic carbocycles. The molecule has 0 aliphatic rings. The number of halogens is 6. The molecule has 0 fully saturated rings. The van der Waals surface area contributed by atoms with Crippen LogP contribution in [0.4, 0.5) is 17.6 Å². The van der Waals surface area contributed by atoms with Crippen LogP contribution in [0.25, 0.3) is 11.3 Å². The number of rotatable bonds is 2. The van der Waals surface area contributed by atoms with Gasteiger partial charge >= 0.3 is 6.18 Å². The van der Waals surface area contributed by atoms with Crippen LogP contribution in [0.2, 0.25) is 5.02 Å². The summed E-state index contributed by atoms with van der Waals surface area (Å²) in [7, 11) is 0. The first-order valence-corrected chi connectivity index (χ1v) is 7.16. The third kappa shape index (κ3) is 3.44. The standard InChI is InChI=1S/C13H7ClF4INO2/c14-6-3-5(1-2-7(6)15)10-11(21)8(19)4-9(20-10)12(22)13(16,17)18/h1-4,12,21-22H. The van der Waals surface area contributed by atoms with Crippen LogP contribution in [0.5, 0.6) is 5.75 Å². The van der Waals surface area contributed by atoms with Crippen molar-refractivity contribution in [1.82, 2.24) is 4.98 Å². The average Bonchev–Trinajstić information content (AvgIpc) is 2.43. The largest absolute Gasteiger partial charge is 0.505 e. The monoisotopic (exact) mass is 447 g/mol. The van der Waals surface area contributed by atoms with Crippen LogP contribution in [0.3, 0.4) is 0 Å². The molecule has 22 heavy (non-hydrogen) atoms. The Morgan fingerprint density at radius 3 is 2.41 bits per heavy atom. The fourth-order valence-electron chi connectivity index (χ4n) is 1.68. The molecule has 0 aliphatic heterocycles. The molecule has 1 heterocycles. The van der Waals surface area contributed by atoms with E-state index in [-0.39, 0.29) is 25.6 Å². The van der Waals surface area contributed by atoms with Crippen molar-refractivity contribution in [2.45, 2.75) is 12.3 Å². The van der Waals surface area contributed by atoms with Gasteiger partial charge in [0.05, 0.1) is 14.3 Å². The quantitative estimate of drug-likeness (QED) is 0.528. The molecule has 1 unspecified atom stereocenters. The number of hydrogen-bond donors (Lipinski definition) is 2. The van der Waals surface area contributed by atoms with E-state index in [0.29, 0.717) is 0 Å². The van der Waals surface area contributed by atoms with Gasteiger partial charge in [0.2, 0.25) is 0 Å². The number of aromatic hydroxyl groups is 1. The predicted octanol–water partition coefficient (Wildman–Crippen LogP) is 4.45. The van der Waals surface area contributed by atoms with E-state index >= 15 is 0 Å². The minimum Gasteiger partial charge on any atom is -0.505 e. The zero-order chi connectivity index (χ0) is 16.7. The SMILES string of the molecule is Oc1c(I)cc(C(O)C(F)(F)F)nc1-c1ccc(F)c(Cl)c1. The number of nitrogens with zero attached hydrogens (tertiary/aromatic N) is 1. The zero-order valence-corrected chi connectivity index (χ0v) is 13.4. The molecule has 0 saturated carbocycles. The first-order valence-electron chi connectivity index (χ1n) is 5.71. The highest BCUT2D eigenvalue weighted by Gasteiger charge is 2.41. The second-order valence-electron chi connectivity index (χ2n) is 4.30. The van der Waals surface area contributed by atoms with E-state index in [1.54, 1.807) is 22.6 Å². The summed E-state index contributed by atoms with van der Waals surface area (Å²) in [5.41, 5.74) is -0.782. The molecular weight excluding hydrogens is 440 g/mol. The molecule has 1 atom stereocenters. The summed E-state index contributed by atoms with van der Waals surface area (Å²) >= 11 is 7.22. The third-order valence-corrected chi connectivity index (χ3v) is 3.86. The summed E-state index contributed by atoms with van der Waals surface area (Å²) in [6, 6.07) is 4.25. The fourth-order valence-corrected chi connectivity index (χ4v) is 2.43. The highest BCUT2D eigenvalue weighted by atomic mass is 127. The average molecular weight is 448 g/mol. The number of pyridine rings is 1. The second kappa shape index (κ2) is 6.17. The lowest BCUT2D eigenvalue weighted by Gasteiger charge is -2.16. The molecule has 0 saturated heterocycles. The number of aliphatic hydroxyl groups is 1. The lowest BCUT2D eigenvalue weighted by atomic mass is 10.1. The Bertz CT molecular complexity index is 724. The van der Waals surface area contributed by atoms with Crippen LogP contribution in [0.15, 0.2) is 24.3 Å². The van der Waals surface area contributed by atoms with E-state index in [0.717, 1.165) is 18.2 Å². The molecule has 2 aromatic rings. The summed E-state index contributed by atoms with van der Waals surface area (Å²) in [5, 5.41) is 19.0. The predicted molar refractivity (Wildman–Crippen MR) is 80.0 cm³/mol. The number of aromatic nitrogens is 1. The molecule has 0 amide bonds. The maximum Gasteiger partial charge on any atom is 0.420 e. The highest BCUT2D eigenvalue weighted by Crippen LogP contribution is 2.38. The van der Waals surface area contributed by atoms with Gasteiger partial charge in [0.1, 0.15) is 11.5 Å². The first-order chi connectivity index (χ1) is 10.1. The Balaban J connectivity index is 2.60. The van der Waals surface area contributed by atoms with Crippen LogP contribution in [0.1, 0.15) is 11.8 Å². The van der Waals surface area contributed by atoms with Gasteiger partial charge in [-0.15, -0.1) is 0 Å². The van der Waals surface area contributed by atoms with Gasteiger partial charge in [-0.25, -0.2) is 9.37 Å². The minimum absolute atomic E-state index is 0.0568. The van der Waals surface area contributed by atoms with E-state index in [4.69, 9.17) is 11.6 Å². The van der Waals surface area contributed by atoms with E-state index in [9.17, 15) is 27.8 Å². The van der Waals surface area contributed by atoms with Crippen LogP contribution < -0.4 is 0 Å². The normalized spacial score (nSPS) is 13.2. The number of aliphatic hydroxyl groups excluding tert-OH is 1. The Labute approximate surface area is 140 Å². The van der Waals surface area contributed by atoms with Gasteiger partial charge in [0.25, 0.3) is 0 Å². The topological polar surface area (TPSA) is 53.4 Å². The maximum atomic E-state index is 13.2. The van der Waals surface area contributed by atoms with E-state index in [2.05, 4.69) is 4.98 Å². The molecular formula is C13H7ClF4INO2. The van der Waals surface area contributed by atoms with Crippen molar-refractivity contribution in [3.05, 3.63) is 44.4 Å². The van der Waals surface area contributed by atoms with Gasteiger partial charge in [-0.3, -0.25) is 0 Å². The van der Waals surface area contributed by atoms with E-state index in [1.807, 2.05) is 0 Å². The summed E-state index contributed by atoms with van der Waals surface area (Å²) in [6.45, 7) is 0. The maximum absolute atomic E-state index is 13.2. The smallest absolute Gasteiger partial charge is 0.420 e. The Morgan fingerprint density at radius 1 is 1.23 bits per heavy atom. The van der Waals surface area contributed by atoms with Crippen LogP contribution >= 0.6 is 34.2 Å². The van der Waals surface area contributed by atoms with Crippen LogP contribution in [-0.2, 0) is 0 Å². The summed E-state index contributed by atoms with van der Waals surface area (Å²) in [5.74, 6) is -1.10. The van der Waals surface area contributed by atoms with Gasteiger partial charge < -0.3 is 10.2 Å². The van der Waals surface area contributed by atoms with E-state index < -0.39 is 23.8 Å². The Kier molecular flexibility index (Phi) is 4.83. The Morgan fingerprint density at radius 2 is 1.86 bits per heavy atom. The molecule has 0 bridgehead atoms. The van der Waals surface area contributed by atoms with Crippen molar-refractivity contribution in [1.29, 1.82) is 0 Å². The molecule has 118 valence electrons. The lowest BCUT2D eigenvalue weighted by Crippen LogP contribution is -2.21. The molecule has 9 heteroatoms. The molecule has 0 radical (unpaired) electrons. The minimum atomic E-state index is -4.90. The van der Waals surface area contributed by atoms with Gasteiger partial charge in [-0.1, -0.05) is 11.6 Å². The summed E-state index contributed by atoms with van der Waals surface area (Å²) < 4.78 is 51.0. The Hall–Kier alpha value is -1.13. The fraction of sp³-hybridized carbons (Fsp3) is 0.154.